The normalized spacial score (nSPS) is 45.7. The molecular formula is C11H9F3O. The van der Waals surface area contributed by atoms with Crippen LogP contribution in [-0.4, -0.2) is 12.3 Å². The summed E-state index contributed by atoms with van der Waals surface area (Å²) in [7, 11) is 0. The number of alkyl halides is 3. The van der Waals surface area contributed by atoms with Crippen LogP contribution in [0.3, 0.4) is 0 Å². The molecule has 4 heteroatoms. The van der Waals surface area contributed by atoms with E-state index in [-0.39, 0.29) is 5.92 Å². The van der Waals surface area contributed by atoms with Crippen molar-refractivity contribution in [1.29, 1.82) is 0 Å². The van der Waals surface area contributed by atoms with Gasteiger partial charge in [0.1, 0.15) is 11.5 Å². The smallest absolute Gasteiger partial charge is 0.402 e. The molecule has 4 atom stereocenters. The van der Waals surface area contributed by atoms with E-state index in [9.17, 15) is 13.2 Å². The lowest BCUT2D eigenvalue weighted by Gasteiger charge is -2.56. The summed E-state index contributed by atoms with van der Waals surface area (Å²) in [5.74, 6) is -0.612. The highest BCUT2D eigenvalue weighted by Crippen LogP contribution is 2.65. The summed E-state index contributed by atoms with van der Waals surface area (Å²) >= 11 is 0. The van der Waals surface area contributed by atoms with Gasteiger partial charge in [0.2, 0.25) is 0 Å². The van der Waals surface area contributed by atoms with Gasteiger partial charge in [0.25, 0.3) is 0 Å². The van der Waals surface area contributed by atoms with Gasteiger partial charge in [-0.2, -0.15) is 13.2 Å². The van der Waals surface area contributed by atoms with Crippen molar-refractivity contribution in [3.63, 3.8) is 0 Å². The second-order valence-corrected chi connectivity index (χ2v) is 4.16. The van der Waals surface area contributed by atoms with Crippen LogP contribution in [0, 0.1) is 17.3 Å². The first-order valence-electron chi connectivity index (χ1n) is 4.82. The van der Waals surface area contributed by atoms with Crippen LogP contribution in [0.4, 0.5) is 13.2 Å². The molecular weight excluding hydrogens is 205 g/mol. The molecule has 1 heterocycles. The molecule has 0 spiro atoms. The zero-order chi connectivity index (χ0) is 10.7. The molecule has 1 aliphatic heterocycles. The second-order valence-electron chi connectivity index (χ2n) is 4.16. The summed E-state index contributed by atoms with van der Waals surface area (Å²) in [6.07, 6.45) is 4.12. The third-order valence-electron chi connectivity index (χ3n) is 3.61. The summed E-state index contributed by atoms with van der Waals surface area (Å²) in [6.45, 7) is 0. The molecule has 3 aliphatic rings. The van der Waals surface area contributed by atoms with E-state index < -0.39 is 23.6 Å². The minimum atomic E-state index is -4.24. The molecule has 1 nitrogen and oxygen atoms in total. The van der Waals surface area contributed by atoms with Crippen molar-refractivity contribution in [2.24, 2.45) is 17.3 Å². The van der Waals surface area contributed by atoms with E-state index in [2.05, 4.69) is 0 Å². The lowest BCUT2D eigenvalue weighted by molar-refractivity contribution is -0.294. The van der Waals surface area contributed by atoms with Crippen LogP contribution in [0.2, 0.25) is 0 Å². The predicted molar refractivity (Wildman–Crippen MR) is 47.8 cm³/mol. The van der Waals surface area contributed by atoms with Gasteiger partial charge in [-0.05, 0) is 6.08 Å². The zero-order valence-electron chi connectivity index (χ0n) is 7.74. The van der Waals surface area contributed by atoms with Gasteiger partial charge < -0.3 is 4.74 Å². The molecule has 1 saturated carbocycles. The van der Waals surface area contributed by atoms with Crippen molar-refractivity contribution in [2.75, 3.05) is 0 Å². The van der Waals surface area contributed by atoms with Crippen LogP contribution in [0.15, 0.2) is 36.6 Å². The van der Waals surface area contributed by atoms with Crippen molar-refractivity contribution in [1.82, 2.24) is 0 Å². The molecule has 0 saturated heterocycles. The molecule has 0 radical (unpaired) electrons. The molecule has 80 valence electrons. The number of hydrogen-bond donors (Lipinski definition) is 0. The molecule has 0 unspecified atom stereocenters. The fourth-order valence-electron chi connectivity index (χ4n) is 2.88. The number of rotatable bonds is 0. The van der Waals surface area contributed by atoms with Crippen LogP contribution in [0.5, 0.6) is 0 Å². The van der Waals surface area contributed by atoms with Crippen molar-refractivity contribution in [2.45, 2.75) is 12.3 Å². The Hall–Kier alpha value is -1.19. The number of hydrogen-bond acceptors (Lipinski definition) is 1. The molecule has 0 aromatic rings. The zero-order valence-corrected chi connectivity index (χ0v) is 7.74. The molecule has 0 N–H and O–H groups in total. The predicted octanol–water partition coefficient (Wildman–Crippen LogP) is 2.82. The first-order chi connectivity index (χ1) is 7.07. The van der Waals surface area contributed by atoms with Crippen LogP contribution in [-0.2, 0) is 4.74 Å². The Bertz CT molecular complexity index is 380. The Labute approximate surface area is 84.9 Å². The average Bonchev–Trinajstić information content (AvgIpc) is 2.56. The Morgan fingerprint density at radius 2 is 1.93 bits per heavy atom. The molecule has 0 amide bonds. The summed E-state index contributed by atoms with van der Waals surface area (Å²) in [4.78, 5) is 0. The molecule has 0 aromatic heterocycles. The maximum absolute atomic E-state index is 13.1. The molecule has 2 aliphatic carbocycles. The van der Waals surface area contributed by atoms with Gasteiger partial charge in [-0.3, -0.25) is 0 Å². The van der Waals surface area contributed by atoms with E-state index in [1.165, 1.54) is 18.4 Å². The maximum Gasteiger partial charge on any atom is 0.402 e. The first kappa shape index (κ1) is 9.07. The van der Waals surface area contributed by atoms with E-state index in [0.717, 1.165) is 0 Å². The van der Waals surface area contributed by atoms with Crippen LogP contribution < -0.4 is 0 Å². The highest BCUT2D eigenvalue weighted by Gasteiger charge is 2.74. The fraction of sp³-hybridized carbons (Fsp3) is 0.455. The standard InChI is InChI=1S/C11H9F3O/c12-11(13,14)10-5-2-1-3-8(10)7-4-6-15-9(7)10/h1-9H/t7-,8+,9-,10-/m1/s1. The van der Waals surface area contributed by atoms with Crippen molar-refractivity contribution < 1.29 is 17.9 Å². The quantitative estimate of drug-likeness (QED) is 0.602. The summed E-state index contributed by atoms with van der Waals surface area (Å²) < 4.78 is 44.3. The topological polar surface area (TPSA) is 9.23 Å². The molecule has 0 bridgehead atoms. The fourth-order valence-corrected chi connectivity index (χ4v) is 2.88. The Morgan fingerprint density at radius 3 is 2.67 bits per heavy atom. The Balaban J connectivity index is 2.06. The number of halogens is 3. The largest absolute Gasteiger partial charge is 0.496 e. The van der Waals surface area contributed by atoms with E-state index in [1.54, 1.807) is 18.2 Å². The van der Waals surface area contributed by atoms with Crippen molar-refractivity contribution in [3.8, 4) is 0 Å². The van der Waals surface area contributed by atoms with Gasteiger partial charge in [-0.15, -0.1) is 0 Å². The molecule has 0 aromatic carbocycles. The Morgan fingerprint density at radius 1 is 1.13 bits per heavy atom. The molecule has 3 rings (SSSR count). The van der Waals surface area contributed by atoms with Crippen LogP contribution in [0.25, 0.3) is 0 Å². The number of fused-ring (bicyclic) bond motifs is 4. The third kappa shape index (κ3) is 0.856. The van der Waals surface area contributed by atoms with E-state index in [0.29, 0.717) is 0 Å². The van der Waals surface area contributed by atoms with Crippen molar-refractivity contribution in [3.05, 3.63) is 36.6 Å². The highest BCUT2D eigenvalue weighted by atomic mass is 19.4. The monoisotopic (exact) mass is 214 g/mol. The Kier molecular flexibility index (Phi) is 1.50. The summed E-state index contributed by atoms with van der Waals surface area (Å²) in [5, 5.41) is 0. The third-order valence-corrected chi connectivity index (χ3v) is 3.61. The van der Waals surface area contributed by atoms with Gasteiger partial charge in [0.05, 0.1) is 6.26 Å². The van der Waals surface area contributed by atoms with E-state index in [1.807, 2.05) is 0 Å². The lowest BCUT2D eigenvalue weighted by atomic mass is 9.50. The minimum absolute atomic E-state index is 0.118. The minimum Gasteiger partial charge on any atom is -0.496 e. The lowest BCUT2D eigenvalue weighted by Crippen LogP contribution is -2.65. The highest BCUT2D eigenvalue weighted by molar-refractivity contribution is 5.35. The number of ether oxygens (including phenoxy) is 1. The summed E-state index contributed by atoms with van der Waals surface area (Å²) in [5.41, 5.74) is -1.80. The molecule has 1 fully saturated rings. The number of allylic oxidation sites excluding steroid dienone is 3. The van der Waals surface area contributed by atoms with E-state index in [4.69, 9.17) is 4.74 Å². The van der Waals surface area contributed by atoms with Gasteiger partial charge >= 0.3 is 6.18 Å². The van der Waals surface area contributed by atoms with Crippen molar-refractivity contribution >= 4 is 0 Å². The second kappa shape index (κ2) is 2.49. The summed E-state index contributed by atoms with van der Waals surface area (Å²) in [6, 6.07) is 0. The van der Waals surface area contributed by atoms with Gasteiger partial charge in [0.15, 0.2) is 0 Å². The SMILES string of the molecule is FC(F)(F)[C@]12C=CC=C[C@H]1[C@H]1C=CO[C@H]12. The van der Waals surface area contributed by atoms with Crippen LogP contribution >= 0.6 is 0 Å². The van der Waals surface area contributed by atoms with E-state index >= 15 is 0 Å². The molecule has 15 heavy (non-hydrogen) atoms. The average molecular weight is 214 g/mol. The van der Waals surface area contributed by atoms with Gasteiger partial charge in [-0.1, -0.05) is 24.3 Å². The van der Waals surface area contributed by atoms with Gasteiger partial charge in [-0.25, -0.2) is 0 Å². The maximum atomic E-state index is 13.1. The first-order valence-corrected chi connectivity index (χ1v) is 4.82. The van der Waals surface area contributed by atoms with Crippen LogP contribution in [0.1, 0.15) is 0 Å². The van der Waals surface area contributed by atoms with Gasteiger partial charge in [0, 0.05) is 11.8 Å².